The van der Waals surface area contributed by atoms with Crippen molar-refractivity contribution in [3.63, 3.8) is 0 Å². The van der Waals surface area contributed by atoms with Crippen molar-refractivity contribution in [1.29, 1.82) is 0 Å². The molecule has 0 amide bonds. The van der Waals surface area contributed by atoms with Gasteiger partial charge in [0.05, 0.1) is 24.1 Å². The average Bonchev–Trinajstić information content (AvgIpc) is 3.10. The van der Waals surface area contributed by atoms with Crippen LogP contribution in [0, 0.1) is 10.5 Å². The normalized spacial score (nSPS) is 10.9. The van der Waals surface area contributed by atoms with Gasteiger partial charge in [0.25, 0.3) is 0 Å². The molecule has 0 fully saturated rings. The van der Waals surface area contributed by atoms with E-state index in [0.29, 0.717) is 12.2 Å². The monoisotopic (exact) mass is 570 g/mol. The van der Waals surface area contributed by atoms with E-state index >= 15 is 0 Å². The van der Waals surface area contributed by atoms with Crippen LogP contribution >= 0.6 is 22.6 Å². The van der Waals surface area contributed by atoms with E-state index in [4.69, 9.17) is 4.74 Å². The highest BCUT2D eigenvalue weighted by Gasteiger charge is 2.13. The molecule has 0 saturated carbocycles. The molecule has 0 aliphatic rings. The van der Waals surface area contributed by atoms with E-state index in [-0.39, 0.29) is 10.9 Å². The van der Waals surface area contributed by atoms with Crippen LogP contribution < -0.4 is 4.57 Å². The number of rotatable bonds is 7. The quantitative estimate of drug-likeness (QED) is 0.186. The van der Waals surface area contributed by atoms with Crippen LogP contribution in [0.3, 0.4) is 0 Å². The van der Waals surface area contributed by atoms with Gasteiger partial charge in [0.2, 0.25) is 6.33 Å². The number of esters is 1. The summed E-state index contributed by atoms with van der Waals surface area (Å²) >= 11 is 2.21. The Hall–Kier alpha value is -2.24. The van der Waals surface area contributed by atoms with Crippen molar-refractivity contribution in [2.75, 3.05) is 0 Å². The molecular formula is C23H27IN2O5S. The topological polar surface area (TPSA) is 92.3 Å². The van der Waals surface area contributed by atoms with Gasteiger partial charge in [-0.2, -0.15) is 0 Å². The van der Waals surface area contributed by atoms with Crippen molar-refractivity contribution >= 4 is 38.7 Å². The lowest BCUT2D eigenvalue weighted by atomic mass is 10.2. The Morgan fingerprint density at radius 2 is 1.75 bits per heavy atom. The molecule has 172 valence electrons. The van der Waals surface area contributed by atoms with Crippen molar-refractivity contribution in [2.45, 2.75) is 44.7 Å². The summed E-state index contributed by atoms with van der Waals surface area (Å²) in [6.45, 7) is 5.28. The van der Waals surface area contributed by atoms with Gasteiger partial charge in [-0.1, -0.05) is 31.0 Å². The van der Waals surface area contributed by atoms with Crippen molar-refractivity contribution in [3.8, 4) is 0 Å². The number of benzene rings is 2. The first kappa shape index (κ1) is 26.0. The molecule has 0 bridgehead atoms. The summed E-state index contributed by atoms with van der Waals surface area (Å²) in [5.41, 5.74) is 2.51. The summed E-state index contributed by atoms with van der Waals surface area (Å²) in [5, 5.41) is 0. The second kappa shape index (κ2) is 12.1. The molecule has 0 aliphatic heterocycles. The number of hydrogen-bond donors (Lipinski definition) is 0. The van der Waals surface area contributed by atoms with Gasteiger partial charge in [0, 0.05) is 3.57 Å². The summed E-state index contributed by atoms with van der Waals surface area (Å²) in [6.07, 6.45) is 6.39. The highest BCUT2D eigenvalue weighted by molar-refractivity contribution is 14.1. The molecule has 9 heteroatoms. The molecule has 3 aromatic rings. The van der Waals surface area contributed by atoms with Gasteiger partial charge in [-0.15, -0.1) is 0 Å². The first-order valence-electron chi connectivity index (χ1n) is 10.1. The number of carbonyl (C=O) groups excluding carboxylic acids is 1. The van der Waals surface area contributed by atoms with Crippen LogP contribution in [0.25, 0.3) is 0 Å². The lowest BCUT2D eigenvalue weighted by Gasteiger charge is -2.05. The Morgan fingerprint density at radius 3 is 2.31 bits per heavy atom. The molecular weight excluding hydrogens is 543 g/mol. The Labute approximate surface area is 202 Å². The molecule has 0 saturated heterocycles. The second-order valence-electron chi connectivity index (χ2n) is 7.29. The standard InChI is InChI=1S/C16H20IN2O2.C7H8O3S/c1-3-4-9-19-10-15(18(2)12-19)11-21-16(20)13-5-7-14(17)8-6-13;1-6-2-4-7(5-3-6)11(8,9)10/h5-8,10,12H,3-4,9,11H2,1-2H3;2-5H,1H3,(H,8,9,10)/q+1;/p-1. The van der Waals surface area contributed by atoms with Crippen LogP contribution in [0.5, 0.6) is 0 Å². The number of hydrogen-bond acceptors (Lipinski definition) is 5. The smallest absolute Gasteiger partial charge is 0.338 e. The van der Waals surface area contributed by atoms with Gasteiger partial charge in [-0.25, -0.2) is 22.3 Å². The van der Waals surface area contributed by atoms with Crippen LogP contribution in [-0.4, -0.2) is 23.5 Å². The molecule has 0 spiro atoms. The summed E-state index contributed by atoms with van der Waals surface area (Å²) in [7, 11) is -2.30. The number of aromatic nitrogens is 2. The van der Waals surface area contributed by atoms with Gasteiger partial charge in [-0.3, -0.25) is 0 Å². The maximum atomic E-state index is 12.0. The number of imidazole rings is 1. The average molecular weight is 570 g/mol. The minimum atomic E-state index is -4.27. The third kappa shape index (κ3) is 8.36. The van der Waals surface area contributed by atoms with Gasteiger partial charge in [0.15, 0.2) is 12.3 Å². The van der Waals surface area contributed by atoms with Crippen molar-refractivity contribution in [1.82, 2.24) is 4.57 Å². The molecule has 0 atom stereocenters. The van der Waals surface area contributed by atoms with Crippen LogP contribution in [-0.2, 0) is 35.1 Å². The minimum absolute atomic E-state index is 0.178. The van der Waals surface area contributed by atoms with Gasteiger partial charge in [0.1, 0.15) is 16.3 Å². The first-order valence-corrected chi connectivity index (χ1v) is 12.6. The third-order valence-electron chi connectivity index (χ3n) is 4.60. The molecule has 0 unspecified atom stereocenters. The Morgan fingerprint density at radius 1 is 1.12 bits per heavy atom. The van der Waals surface area contributed by atoms with Crippen molar-refractivity contribution in [3.05, 3.63) is 81.4 Å². The summed E-state index contributed by atoms with van der Waals surface area (Å²) in [6, 6.07) is 13.2. The zero-order chi connectivity index (χ0) is 23.7. The number of ether oxygens (including phenoxy) is 1. The number of nitrogens with zero attached hydrogens (tertiary/aromatic N) is 2. The van der Waals surface area contributed by atoms with Crippen LogP contribution in [0.2, 0.25) is 0 Å². The van der Waals surface area contributed by atoms with Crippen LogP contribution in [0.1, 0.15) is 41.4 Å². The minimum Gasteiger partial charge on any atom is -0.744 e. The SMILES string of the molecule is CCCC[n+]1cc(COC(=O)c2ccc(I)cc2)n(C)c1.Cc1ccc(S(=O)(=O)[O-])cc1. The highest BCUT2D eigenvalue weighted by atomic mass is 127. The van der Waals surface area contributed by atoms with E-state index in [1.54, 1.807) is 24.3 Å². The van der Waals surface area contributed by atoms with Gasteiger partial charge >= 0.3 is 5.97 Å². The summed E-state index contributed by atoms with van der Waals surface area (Å²) in [5.74, 6) is -0.285. The number of aryl methyl sites for hydroxylation is 3. The maximum absolute atomic E-state index is 12.0. The van der Waals surface area contributed by atoms with E-state index in [0.717, 1.165) is 27.8 Å². The van der Waals surface area contributed by atoms with E-state index in [2.05, 4.69) is 34.1 Å². The molecule has 0 N–H and O–H groups in total. The highest BCUT2D eigenvalue weighted by Crippen LogP contribution is 2.10. The molecule has 2 aromatic carbocycles. The van der Waals surface area contributed by atoms with Gasteiger partial charge < -0.3 is 9.29 Å². The van der Waals surface area contributed by atoms with E-state index in [1.807, 2.05) is 43.2 Å². The molecule has 1 heterocycles. The fourth-order valence-corrected chi connectivity index (χ4v) is 3.56. The van der Waals surface area contributed by atoms with Crippen LogP contribution in [0.4, 0.5) is 0 Å². The lowest BCUT2D eigenvalue weighted by molar-refractivity contribution is -0.697. The molecule has 0 aliphatic carbocycles. The zero-order valence-corrected chi connectivity index (χ0v) is 21.3. The molecule has 32 heavy (non-hydrogen) atoms. The predicted octanol–water partition coefficient (Wildman–Crippen LogP) is 3.97. The summed E-state index contributed by atoms with van der Waals surface area (Å²) in [4.78, 5) is 11.8. The third-order valence-corrected chi connectivity index (χ3v) is 6.17. The van der Waals surface area contributed by atoms with Crippen LogP contribution in [0.15, 0.2) is 66.0 Å². The molecule has 7 nitrogen and oxygen atoms in total. The fourth-order valence-electron chi connectivity index (χ4n) is 2.73. The second-order valence-corrected chi connectivity index (χ2v) is 9.91. The molecule has 3 rings (SSSR count). The zero-order valence-electron chi connectivity index (χ0n) is 18.3. The Bertz CT molecular complexity index is 1120. The fraction of sp³-hybridized carbons (Fsp3) is 0.304. The Balaban J connectivity index is 0.000000278. The van der Waals surface area contributed by atoms with Gasteiger partial charge in [-0.05, 0) is 72.3 Å². The van der Waals surface area contributed by atoms with E-state index in [1.165, 1.54) is 18.6 Å². The van der Waals surface area contributed by atoms with E-state index in [9.17, 15) is 17.8 Å². The largest absolute Gasteiger partial charge is 0.744 e. The summed E-state index contributed by atoms with van der Waals surface area (Å²) < 4.78 is 41.8. The van der Waals surface area contributed by atoms with Crippen molar-refractivity contribution in [2.24, 2.45) is 7.05 Å². The molecule has 1 aromatic heterocycles. The number of carbonyl (C=O) groups is 1. The molecule has 0 radical (unpaired) electrons. The first-order chi connectivity index (χ1) is 15.1. The Kier molecular flexibility index (Phi) is 9.85. The number of halogens is 1. The van der Waals surface area contributed by atoms with E-state index < -0.39 is 10.1 Å². The van der Waals surface area contributed by atoms with Crippen molar-refractivity contribution < 1.29 is 27.1 Å². The number of unbranched alkanes of at least 4 members (excludes halogenated alkanes) is 1. The maximum Gasteiger partial charge on any atom is 0.338 e. The predicted molar refractivity (Wildman–Crippen MR) is 128 cm³/mol. The lowest BCUT2D eigenvalue weighted by Crippen LogP contribution is -2.30.